The Morgan fingerprint density at radius 3 is 2.18 bits per heavy atom. The fourth-order valence-corrected chi connectivity index (χ4v) is 1.03. The molecule has 1 heterocycles. The molecule has 2 rings (SSSR count). The van der Waals surface area contributed by atoms with Crippen LogP contribution in [0.25, 0.3) is 10.9 Å². The molecule has 0 radical (unpaired) electrons. The van der Waals surface area contributed by atoms with Crippen LogP contribution in [-0.2, 0) is 9.59 Å². The van der Waals surface area contributed by atoms with Gasteiger partial charge in [-0.3, -0.25) is 0 Å². The van der Waals surface area contributed by atoms with E-state index in [9.17, 15) is 0 Å². The molecule has 0 unspecified atom stereocenters. The van der Waals surface area contributed by atoms with Crippen LogP contribution < -0.4 is 5.73 Å². The third-order valence-corrected chi connectivity index (χ3v) is 1.76. The van der Waals surface area contributed by atoms with E-state index < -0.39 is 11.9 Å². The van der Waals surface area contributed by atoms with Crippen molar-refractivity contribution < 1.29 is 19.8 Å². The van der Waals surface area contributed by atoms with E-state index in [1.165, 1.54) is 6.33 Å². The Labute approximate surface area is 95.5 Å². The van der Waals surface area contributed by atoms with Crippen molar-refractivity contribution in [3.63, 3.8) is 0 Å². The highest BCUT2D eigenvalue weighted by molar-refractivity contribution is 6.27. The standard InChI is InChI=1S/C8H7N3.C2H2O4/c9-8-6-3-1-2-4-7(6)10-5-11-8;3-1(4)2(5)6/h1-5H,(H2,9,10,11);(H,3,4)(H,5,6). The quantitative estimate of drug-likeness (QED) is 0.563. The van der Waals surface area contributed by atoms with E-state index in [-0.39, 0.29) is 0 Å². The summed E-state index contributed by atoms with van der Waals surface area (Å²) in [6, 6.07) is 7.66. The van der Waals surface area contributed by atoms with Crippen LogP contribution in [0.4, 0.5) is 5.82 Å². The van der Waals surface area contributed by atoms with Crippen molar-refractivity contribution in [3.05, 3.63) is 30.6 Å². The lowest BCUT2D eigenvalue weighted by Gasteiger charge is -1.96. The first-order valence-electron chi connectivity index (χ1n) is 4.44. The number of para-hydroxylation sites is 1. The first-order chi connectivity index (χ1) is 8.02. The normalized spacial score (nSPS) is 9.18. The molecule has 0 fully saturated rings. The van der Waals surface area contributed by atoms with Gasteiger partial charge in [0, 0.05) is 5.39 Å². The summed E-state index contributed by atoms with van der Waals surface area (Å²) in [7, 11) is 0. The van der Waals surface area contributed by atoms with Crippen LogP contribution in [0.5, 0.6) is 0 Å². The third-order valence-electron chi connectivity index (χ3n) is 1.76. The van der Waals surface area contributed by atoms with E-state index in [2.05, 4.69) is 9.97 Å². The molecule has 0 amide bonds. The maximum Gasteiger partial charge on any atom is 0.414 e. The van der Waals surface area contributed by atoms with Gasteiger partial charge >= 0.3 is 11.9 Å². The molecular formula is C10H9N3O4. The minimum absolute atomic E-state index is 0.538. The maximum absolute atomic E-state index is 9.10. The van der Waals surface area contributed by atoms with Crippen LogP contribution in [0.2, 0.25) is 0 Å². The van der Waals surface area contributed by atoms with E-state index in [0.29, 0.717) is 5.82 Å². The van der Waals surface area contributed by atoms with Crippen LogP contribution in [0.15, 0.2) is 30.6 Å². The number of hydrogen-bond acceptors (Lipinski definition) is 5. The average molecular weight is 235 g/mol. The summed E-state index contributed by atoms with van der Waals surface area (Å²) in [5.41, 5.74) is 6.49. The van der Waals surface area contributed by atoms with Gasteiger partial charge in [-0.25, -0.2) is 19.6 Å². The number of hydrogen-bond donors (Lipinski definition) is 3. The Bertz CT molecular complexity index is 539. The molecule has 0 spiro atoms. The number of carbonyl (C=O) groups is 2. The Kier molecular flexibility index (Phi) is 3.93. The molecule has 0 atom stereocenters. The van der Waals surface area contributed by atoms with Gasteiger partial charge in [0.25, 0.3) is 0 Å². The number of benzene rings is 1. The van der Waals surface area contributed by atoms with Crippen molar-refractivity contribution in [3.8, 4) is 0 Å². The van der Waals surface area contributed by atoms with Gasteiger partial charge in [-0.1, -0.05) is 12.1 Å². The minimum atomic E-state index is -1.82. The minimum Gasteiger partial charge on any atom is -0.473 e. The van der Waals surface area contributed by atoms with Crippen molar-refractivity contribution in [1.29, 1.82) is 0 Å². The Hall–Kier alpha value is -2.70. The predicted octanol–water partition coefficient (Wildman–Crippen LogP) is 0.368. The number of carboxylic acid groups (broad SMARTS) is 2. The van der Waals surface area contributed by atoms with Gasteiger partial charge in [0.2, 0.25) is 0 Å². The van der Waals surface area contributed by atoms with Crippen molar-refractivity contribution >= 4 is 28.7 Å². The summed E-state index contributed by atoms with van der Waals surface area (Å²) in [5, 5.41) is 15.7. The second-order valence-corrected chi connectivity index (χ2v) is 2.89. The molecule has 7 heteroatoms. The highest BCUT2D eigenvalue weighted by Gasteiger charge is 2.04. The summed E-state index contributed by atoms with van der Waals surface area (Å²) in [6.07, 6.45) is 1.47. The number of nitrogens with two attached hydrogens (primary N) is 1. The van der Waals surface area contributed by atoms with Crippen LogP contribution in [0.1, 0.15) is 0 Å². The fraction of sp³-hybridized carbons (Fsp3) is 0. The van der Waals surface area contributed by atoms with Crippen molar-refractivity contribution in [2.45, 2.75) is 0 Å². The van der Waals surface area contributed by atoms with Crippen molar-refractivity contribution in [2.24, 2.45) is 0 Å². The van der Waals surface area contributed by atoms with Crippen LogP contribution in [0.3, 0.4) is 0 Å². The fourth-order valence-electron chi connectivity index (χ4n) is 1.03. The number of aromatic nitrogens is 2. The zero-order chi connectivity index (χ0) is 12.8. The summed E-state index contributed by atoms with van der Waals surface area (Å²) >= 11 is 0. The number of rotatable bonds is 0. The number of nitrogen functional groups attached to an aromatic ring is 1. The number of aliphatic carboxylic acids is 2. The summed E-state index contributed by atoms with van der Waals surface area (Å²) in [5.74, 6) is -3.11. The summed E-state index contributed by atoms with van der Waals surface area (Å²) < 4.78 is 0. The molecule has 4 N–H and O–H groups in total. The molecule has 0 aliphatic rings. The van der Waals surface area contributed by atoms with E-state index >= 15 is 0 Å². The number of nitrogens with zero attached hydrogens (tertiary/aromatic N) is 2. The number of carboxylic acids is 2. The number of fused-ring (bicyclic) bond motifs is 1. The second-order valence-electron chi connectivity index (χ2n) is 2.89. The van der Waals surface area contributed by atoms with Gasteiger partial charge in [-0.05, 0) is 12.1 Å². The predicted molar refractivity (Wildman–Crippen MR) is 59.2 cm³/mol. The van der Waals surface area contributed by atoms with Gasteiger partial charge < -0.3 is 15.9 Å². The summed E-state index contributed by atoms with van der Waals surface area (Å²) in [4.78, 5) is 26.1. The maximum atomic E-state index is 9.10. The molecule has 2 aromatic rings. The molecule has 88 valence electrons. The molecule has 1 aromatic carbocycles. The first kappa shape index (κ1) is 12.4. The van der Waals surface area contributed by atoms with E-state index in [4.69, 9.17) is 25.5 Å². The van der Waals surface area contributed by atoms with Crippen LogP contribution in [-0.4, -0.2) is 32.1 Å². The Morgan fingerprint density at radius 2 is 1.65 bits per heavy atom. The SMILES string of the molecule is Nc1ncnc2ccccc12.O=C(O)C(=O)O. The van der Waals surface area contributed by atoms with E-state index in [1.54, 1.807) is 0 Å². The number of anilines is 1. The molecule has 0 aliphatic carbocycles. The largest absolute Gasteiger partial charge is 0.473 e. The zero-order valence-corrected chi connectivity index (χ0v) is 8.57. The first-order valence-corrected chi connectivity index (χ1v) is 4.44. The van der Waals surface area contributed by atoms with Crippen LogP contribution in [0, 0.1) is 0 Å². The lowest BCUT2D eigenvalue weighted by molar-refractivity contribution is -0.159. The molecular weight excluding hydrogens is 226 g/mol. The lowest BCUT2D eigenvalue weighted by atomic mass is 10.2. The monoisotopic (exact) mass is 235 g/mol. The smallest absolute Gasteiger partial charge is 0.414 e. The average Bonchev–Trinajstić information content (AvgIpc) is 2.30. The molecule has 1 aromatic heterocycles. The van der Waals surface area contributed by atoms with Crippen LogP contribution >= 0.6 is 0 Å². The molecule has 0 aliphatic heterocycles. The van der Waals surface area contributed by atoms with Gasteiger partial charge in [-0.15, -0.1) is 0 Å². The topological polar surface area (TPSA) is 126 Å². The molecule has 0 bridgehead atoms. The van der Waals surface area contributed by atoms with Gasteiger partial charge in [-0.2, -0.15) is 0 Å². The Morgan fingerprint density at radius 1 is 1.06 bits per heavy atom. The lowest BCUT2D eigenvalue weighted by Crippen LogP contribution is -2.09. The summed E-state index contributed by atoms with van der Waals surface area (Å²) in [6.45, 7) is 0. The van der Waals surface area contributed by atoms with Gasteiger partial charge in [0.15, 0.2) is 0 Å². The zero-order valence-electron chi connectivity index (χ0n) is 8.57. The van der Waals surface area contributed by atoms with Gasteiger partial charge in [0.1, 0.15) is 12.1 Å². The second kappa shape index (κ2) is 5.40. The van der Waals surface area contributed by atoms with E-state index in [1.807, 2.05) is 24.3 Å². The highest BCUT2D eigenvalue weighted by atomic mass is 16.4. The third kappa shape index (κ3) is 3.42. The highest BCUT2D eigenvalue weighted by Crippen LogP contribution is 2.14. The van der Waals surface area contributed by atoms with Crippen molar-refractivity contribution in [1.82, 2.24) is 9.97 Å². The van der Waals surface area contributed by atoms with Gasteiger partial charge in [0.05, 0.1) is 5.52 Å². The Balaban J connectivity index is 0.000000209. The molecule has 0 saturated carbocycles. The van der Waals surface area contributed by atoms with Crippen molar-refractivity contribution in [2.75, 3.05) is 5.73 Å². The molecule has 0 saturated heterocycles. The molecule has 7 nitrogen and oxygen atoms in total. The molecule has 17 heavy (non-hydrogen) atoms. The van der Waals surface area contributed by atoms with E-state index in [0.717, 1.165) is 10.9 Å².